The van der Waals surface area contributed by atoms with Crippen LogP contribution in [0.25, 0.3) is 0 Å². The molecule has 25 heavy (non-hydrogen) atoms. The summed E-state index contributed by atoms with van der Waals surface area (Å²) in [5, 5.41) is -1.09. The molecule has 5 heteroatoms. The molecule has 4 nitrogen and oxygen atoms in total. The molecule has 0 bridgehead atoms. The Hall–Kier alpha value is -1.61. The highest BCUT2D eigenvalue weighted by Crippen LogP contribution is 2.62. The highest BCUT2D eigenvalue weighted by molar-refractivity contribution is 7.53. The van der Waals surface area contributed by atoms with E-state index < -0.39 is 12.8 Å². The summed E-state index contributed by atoms with van der Waals surface area (Å²) < 4.78 is 17.9. The molecular formula is C20H25O4P. The molecule has 0 radical (unpaired) electrons. The van der Waals surface area contributed by atoms with Gasteiger partial charge in [-0.15, -0.1) is 0 Å². The molecule has 0 aromatic heterocycles. The minimum Gasteiger partial charge on any atom is -0.489 e. The van der Waals surface area contributed by atoms with Crippen LogP contribution in [0.5, 0.6) is 5.75 Å². The minimum absolute atomic E-state index is 0.173. The Labute approximate surface area is 149 Å². The monoisotopic (exact) mass is 360 g/mol. The first kappa shape index (κ1) is 18.2. The molecule has 2 N–H and O–H groups in total. The maximum absolute atomic E-state index is 12.1. The van der Waals surface area contributed by atoms with Crippen molar-refractivity contribution < 1.29 is 19.1 Å². The third-order valence-corrected chi connectivity index (χ3v) is 6.85. The SMILES string of the molecule is CC(C)(C(c1cccc(OCc2ccccc2)c1)C1CC1)P(=O)(O)O. The second kappa shape index (κ2) is 6.95. The van der Waals surface area contributed by atoms with Crippen LogP contribution in [0.1, 0.15) is 43.7 Å². The Balaban J connectivity index is 1.82. The molecule has 0 saturated heterocycles. The van der Waals surface area contributed by atoms with E-state index in [1.807, 2.05) is 54.6 Å². The van der Waals surface area contributed by atoms with Gasteiger partial charge in [0.05, 0.1) is 5.16 Å². The predicted octanol–water partition coefficient (Wildman–Crippen LogP) is 4.72. The normalized spacial score (nSPS) is 16.5. The van der Waals surface area contributed by atoms with Crippen molar-refractivity contribution in [3.05, 3.63) is 65.7 Å². The van der Waals surface area contributed by atoms with E-state index >= 15 is 0 Å². The van der Waals surface area contributed by atoms with Gasteiger partial charge in [-0.2, -0.15) is 0 Å². The van der Waals surface area contributed by atoms with Gasteiger partial charge in [-0.3, -0.25) is 4.57 Å². The average molecular weight is 360 g/mol. The molecule has 2 aromatic rings. The molecule has 0 amide bonds. The molecule has 1 unspecified atom stereocenters. The van der Waals surface area contributed by atoms with E-state index in [0.717, 1.165) is 29.7 Å². The fourth-order valence-electron chi connectivity index (χ4n) is 3.41. The standard InChI is InChI=1S/C20H25O4P/c1-20(2,25(21,22)23)19(16-11-12-16)17-9-6-10-18(13-17)24-14-15-7-4-3-5-8-15/h3-10,13,16,19H,11-12,14H2,1-2H3,(H2,21,22,23). The van der Waals surface area contributed by atoms with Crippen molar-refractivity contribution in [1.29, 1.82) is 0 Å². The van der Waals surface area contributed by atoms with Gasteiger partial charge in [0.25, 0.3) is 0 Å². The Bertz CT molecular complexity index is 762. The number of benzene rings is 2. The lowest BCUT2D eigenvalue weighted by atomic mass is 9.83. The Morgan fingerprint density at radius 2 is 1.80 bits per heavy atom. The summed E-state index contributed by atoms with van der Waals surface area (Å²) in [6, 6.07) is 17.6. The van der Waals surface area contributed by atoms with E-state index in [9.17, 15) is 14.4 Å². The Morgan fingerprint density at radius 3 is 2.40 bits per heavy atom. The van der Waals surface area contributed by atoms with Crippen molar-refractivity contribution in [2.24, 2.45) is 5.92 Å². The fraction of sp³-hybridized carbons (Fsp3) is 0.400. The van der Waals surface area contributed by atoms with E-state index in [2.05, 4.69) is 0 Å². The Kier molecular flexibility index (Phi) is 5.06. The van der Waals surface area contributed by atoms with Crippen LogP contribution in [-0.2, 0) is 11.2 Å². The van der Waals surface area contributed by atoms with Crippen molar-refractivity contribution in [1.82, 2.24) is 0 Å². The van der Waals surface area contributed by atoms with Crippen molar-refractivity contribution in [3.63, 3.8) is 0 Å². The lowest BCUT2D eigenvalue weighted by Gasteiger charge is -2.35. The van der Waals surface area contributed by atoms with Crippen LogP contribution in [0.2, 0.25) is 0 Å². The van der Waals surface area contributed by atoms with Gasteiger partial charge in [-0.1, -0.05) is 42.5 Å². The molecular weight excluding hydrogens is 335 g/mol. The summed E-state index contributed by atoms with van der Waals surface area (Å²) in [6.45, 7) is 3.82. The molecule has 1 saturated carbocycles. The predicted molar refractivity (Wildman–Crippen MR) is 98.8 cm³/mol. The van der Waals surface area contributed by atoms with Gasteiger partial charge < -0.3 is 14.5 Å². The first-order valence-corrected chi connectivity index (χ1v) is 10.2. The number of ether oxygens (including phenoxy) is 1. The first-order valence-electron chi connectivity index (χ1n) is 8.61. The zero-order valence-corrected chi connectivity index (χ0v) is 15.5. The fourth-order valence-corrected chi connectivity index (χ4v) is 4.13. The van der Waals surface area contributed by atoms with E-state index in [0.29, 0.717) is 12.5 Å². The minimum atomic E-state index is -4.22. The summed E-state index contributed by atoms with van der Waals surface area (Å²) >= 11 is 0. The van der Waals surface area contributed by atoms with Gasteiger partial charge in [0.1, 0.15) is 12.4 Å². The van der Waals surface area contributed by atoms with Crippen LogP contribution in [-0.4, -0.2) is 14.9 Å². The summed E-state index contributed by atoms with van der Waals surface area (Å²) in [5.74, 6) is 0.883. The molecule has 0 aliphatic heterocycles. The summed E-state index contributed by atoms with van der Waals surface area (Å²) in [7, 11) is -4.22. The quantitative estimate of drug-likeness (QED) is 0.702. The van der Waals surface area contributed by atoms with E-state index in [-0.39, 0.29) is 5.92 Å². The zero-order valence-electron chi connectivity index (χ0n) is 14.6. The van der Waals surface area contributed by atoms with Crippen molar-refractivity contribution in [3.8, 4) is 5.75 Å². The van der Waals surface area contributed by atoms with Crippen molar-refractivity contribution >= 4 is 7.60 Å². The molecule has 134 valence electrons. The van der Waals surface area contributed by atoms with Gasteiger partial charge in [0.15, 0.2) is 0 Å². The molecule has 2 aromatic carbocycles. The van der Waals surface area contributed by atoms with Crippen LogP contribution in [0, 0.1) is 5.92 Å². The lowest BCUT2D eigenvalue weighted by molar-refractivity contribution is 0.300. The molecule has 1 fully saturated rings. The van der Waals surface area contributed by atoms with E-state index in [1.54, 1.807) is 13.8 Å². The third-order valence-electron chi connectivity index (χ3n) is 5.07. The van der Waals surface area contributed by atoms with Gasteiger partial charge in [-0.25, -0.2) is 0 Å². The summed E-state index contributed by atoms with van der Waals surface area (Å²) in [4.78, 5) is 19.7. The largest absolute Gasteiger partial charge is 0.489 e. The third kappa shape index (κ3) is 4.14. The van der Waals surface area contributed by atoms with Crippen molar-refractivity contribution in [2.45, 2.75) is 44.4 Å². The van der Waals surface area contributed by atoms with Gasteiger partial charge in [0, 0.05) is 5.92 Å². The summed E-state index contributed by atoms with van der Waals surface area (Å²) in [6.07, 6.45) is 2.03. The lowest BCUT2D eigenvalue weighted by Crippen LogP contribution is -2.31. The van der Waals surface area contributed by atoms with Crippen LogP contribution < -0.4 is 4.74 Å². The highest BCUT2D eigenvalue weighted by Gasteiger charge is 2.51. The van der Waals surface area contributed by atoms with E-state index in [1.165, 1.54) is 0 Å². The number of hydrogen-bond acceptors (Lipinski definition) is 2. The first-order chi connectivity index (χ1) is 11.8. The number of hydrogen-bond donors (Lipinski definition) is 2. The average Bonchev–Trinajstić information content (AvgIpc) is 3.38. The van der Waals surface area contributed by atoms with Gasteiger partial charge in [0.2, 0.25) is 0 Å². The Morgan fingerprint density at radius 1 is 1.12 bits per heavy atom. The van der Waals surface area contributed by atoms with Crippen LogP contribution in [0.3, 0.4) is 0 Å². The van der Waals surface area contributed by atoms with Gasteiger partial charge >= 0.3 is 7.60 Å². The van der Waals surface area contributed by atoms with Crippen LogP contribution >= 0.6 is 7.60 Å². The van der Waals surface area contributed by atoms with E-state index in [4.69, 9.17) is 4.74 Å². The maximum atomic E-state index is 12.1. The zero-order chi connectivity index (χ0) is 18.1. The van der Waals surface area contributed by atoms with Crippen molar-refractivity contribution in [2.75, 3.05) is 0 Å². The molecule has 1 aliphatic carbocycles. The topological polar surface area (TPSA) is 66.8 Å². The smallest absolute Gasteiger partial charge is 0.331 e. The second-order valence-corrected chi connectivity index (χ2v) is 9.60. The maximum Gasteiger partial charge on any atom is 0.331 e. The molecule has 0 spiro atoms. The molecule has 0 heterocycles. The number of rotatable bonds is 7. The highest BCUT2D eigenvalue weighted by atomic mass is 31.2. The summed E-state index contributed by atoms with van der Waals surface area (Å²) in [5.41, 5.74) is 2.03. The molecule has 1 atom stereocenters. The van der Waals surface area contributed by atoms with Gasteiger partial charge in [-0.05, 0) is 55.9 Å². The van der Waals surface area contributed by atoms with Crippen LogP contribution in [0.15, 0.2) is 54.6 Å². The second-order valence-electron chi connectivity index (χ2n) is 7.36. The molecule has 3 rings (SSSR count). The van der Waals surface area contributed by atoms with Crippen LogP contribution in [0.4, 0.5) is 0 Å². The molecule has 1 aliphatic rings.